The lowest BCUT2D eigenvalue weighted by Crippen LogP contribution is -3.00. The van der Waals surface area contributed by atoms with Gasteiger partial charge in [0.2, 0.25) is 12.5 Å². The highest BCUT2D eigenvalue weighted by Crippen LogP contribution is 2.51. The van der Waals surface area contributed by atoms with Crippen LogP contribution in [-0.4, -0.2) is 49.9 Å². The number of nitrogens with zero attached hydrogens (tertiary/aromatic N) is 1. The molecule has 0 aliphatic carbocycles. The zero-order valence-corrected chi connectivity index (χ0v) is 18.4. The summed E-state index contributed by atoms with van der Waals surface area (Å²) in [5.41, 5.74) is 2.48. The zero-order valence-electron chi connectivity index (χ0n) is 16.2. The normalized spacial score (nSPS) is 18.8. The van der Waals surface area contributed by atoms with E-state index in [4.69, 9.17) is 14.2 Å². The number of aromatic hydroxyl groups is 1. The summed E-state index contributed by atoms with van der Waals surface area (Å²) in [5.74, 6) is 1.89. The van der Waals surface area contributed by atoms with E-state index in [0.29, 0.717) is 27.3 Å². The van der Waals surface area contributed by atoms with Crippen molar-refractivity contribution in [3.05, 3.63) is 47.0 Å². The number of quaternary nitrogens is 1. The van der Waals surface area contributed by atoms with Crippen LogP contribution in [0, 0.1) is 0 Å². The highest BCUT2D eigenvalue weighted by Gasteiger charge is 2.42. The summed E-state index contributed by atoms with van der Waals surface area (Å²) < 4.78 is 17.6. The molecule has 150 valence electrons. The molecule has 0 amide bonds. The Bertz CT molecular complexity index is 912. The second kappa shape index (κ2) is 7.79. The number of fused-ring (bicyclic) bond motifs is 2. The van der Waals surface area contributed by atoms with Gasteiger partial charge in [-0.2, -0.15) is 0 Å². The Morgan fingerprint density at radius 1 is 1.29 bits per heavy atom. The fraction of sp³-hybridized carbons (Fsp3) is 0.381. The summed E-state index contributed by atoms with van der Waals surface area (Å²) in [6.45, 7) is 1.07. The maximum absolute atomic E-state index is 13.0. The number of ketones is 1. The van der Waals surface area contributed by atoms with Crippen LogP contribution < -0.4 is 38.2 Å². The van der Waals surface area contributed by atoms with Gasteiger partial charge in [0.1, 0.15) is 11.8 Å². The molecule has 1 atom stereocenters. The molecule has 1 N–H and O–H groups in total. The first-order chi connectivity index (χ1) is 12.9. The van der Waals surface area contributed by atoms with Gasteiger partial charge in [-0.25, -0.2) is 0 Å². The van der Waals surface area contributed by atoms with Crippen LogP contribution in [0.15, 0.2) is 30.3 Å². The number of phenols is 1. The standard InChI is InChI=1S/C21H23NO5.HI/c1-22(2)9-8-13-10-18-20(27-12-26-18)21(25-3)19(13)15(22)11-17(24)14-6-4-5-7-16(14)23;/h4-7,10,15H,8-9,11-12H2,1-3H3;1H. The summed E-state index contributed by atoms with van der Waals surface area (Å²) in [6, 6.07) is 8.59. The van der Waals surface area contributed by atoms with Crippen LogP contribution in [0.1, 0.15) is 33.9 Å². The van der Waals surface area contributed by atoms with Crippen LogP contribution in [0.2, 0.25) is 0 Å². The number of ether oxygens (including phenoxy) is 3. The van der Waals surface area contributed by atoms with E-state index in [1.165, 1.54) is 0 Å². The molecule has 2 aliphatic heterocycles. The minimum absolute atomic E-state index is 0. The number of para-hydroxylation sites is 1. The fourth-order valence-corrected chi connectivity index (χ4v) is 4.11. The molecule has 6 nitrogen and oxygen atoms in total. The lowest BCUT2D eigenvalue weighted by Gasteiger charge is -2.43. The lowest BCUT2D eigenvalue weighted by atomic mass is 9.86. The topological polar surface area (TPSA) is 65.0 Å². The number of carbonyl (C=O) groups is 1. The molecule has 2 aliphatic rings. The van der Waals surface area contributed by atoms with Crippen LogP contribution in [0.4, 0.5) is 0 Å². The maximum Gasteiger partial charge on any atom is 0.231 e. The van der Waals surface area contributed by atoms with Gasteiger partial charge in [-0.15, -0.1) is 0 Å². The van der Waals surface area contributed by atoms with Crippen molar-refractivity contribution in [2.75, 3.05) is 34.5 Å². The first-order valence-corrected chi connectivity index (χ1v) is 9.05. The van der Waals surface area contributed by atoms with Crippen molar-refractivity contribution >= 4 is 5.78 Å². The zero-order chi connectivity index (χ0) is 19.2. The molecule has 0 saturated carbocycles. The molecular weight excluding hydrogens is 473 g/mol. The number of rotatable bonds is 4. The van der Waals surface area contributed by atoms with Crippen LogP contribution in [0.25, 0.3) is 0 Å². The summed E-state index contributed by atoms with van der Waals surface area (Å²) in [6.07, 6.45) is 1.14. The van der Waals surface area contributed by atoms with Gasteiger partial charge in [0.05, 0.1) is 45.3 Å². The van der Waals surface area contributed by atoms with Gasteiger partial charge >= 0.3 is 0 Å². The quantitative estimate of drug-likeness (QED) is 0.369. The van der Waals surface area contributed by atoms with Crippen LogP contribution in [0.5, 0.6) is 23.0 Å². The van der Waals surface area contributed by atoms with Gasteiger partial charge in [0.25, 0.3) is 0 Å². The smallest absolute Gasteiger partial charge is 0.231 e. The number of carbonyl (C=O) groups excluding carboxylic acids is 1. The average molecular weight is 497 g/mol. The molecule has 1 unspecified atom stereocenters. The summed E-state index contributed by atoms with van der Waals surface area (Å²) in [7, 11) is 5.86. The van der Waals surface area contributed by atoms with Gasteiger partial charge in [-0.05, 0) is 23.8 Å². The number of phenolic OH excluding ortho intramolecular Hbond substituents is 1. The fourth-order valence-electron chi connectivity index (χ4n) is 4.11. The Balaban J connectivity index is 0.00000225. The van der Waals surface area contributed by atoms with Crippen molar-refractivity contribution in [3.8, 4) is 23.0 Å². The molecule has 2 heterocycles. The predicted octanol–water partition coefficient (Wildman–Crippen LogP) is 0.0801. The molecule has 0 spiro atoms. The first kappa shape index (κ1) is 20.7. The number of hydrogen-bond acceptors (Lipinski definition) is 5. The van der Waals surface area contributed by atoms with Crippen molar-refractivity contribution < 1.29 is 52.6 Å². The van der Waals surface area contributed by atoms with E-state index in [-0.39, 0.29) is 54.8 Å². The van der Waals surface area contributed by atoms with Crippen LogP contribution in [-0.2, 0) is 6.42 Å². The van der Waals surface area contributed by atoms with E-state index in [1.807, 2.05) is 6.07 Å². The minimum atomic E-state index is -0.106. The Morgan fingerprint density at radius 3 is 2.75 bits per heavy atom. The Kier molecular flexibility index (Phi) is 5.77. The van der Waals surface area contributed by atoms with Gasteiger partial charge in [0.15, 0.2) is 17.3 Å². The molecule has 4 rings (SSSR count). The monoisotopic (exact) mass is 497 g/mol. The SMILES string of the molecule is COc1c2c(cc3c1C(CC(=O)c1ccccc1O)[N+](C)(C)CC3)OCO2.[I-]. The molecule has 28 heavy (non-hydrogen) atoms. The number of hydrogen-bond donors (Lipinski definition) is 1. The number of methoxy groups -OCH3 is 1. The van der Waals surface area contributed by atoms with Crippen LogP contribution in [0.3, 0.4) is 0 Å². The van der Waals surface area contributed by atoms with Gasteiger partial charge < -0.3 is 47.8 Å². The molecule has 0 aromatic heterocycles. The molecule has 0 bridgehead atoms. The van der Waals surface area contributed by atoms with Crippen molar-refractivity contribution in [2.45, 2.75) is 18.9 Å². The van der Waals surface area contributed by atoms with Crippen molar-refractivity contribution in [1.82, 2.24) is 0 Å². The maximum atomic E-state index is 13.0. The van der Waals surface area contributed by atoms with Crippen molar-refractivity contribution in [1.29, 1.82) is 0 Å². The second-order valence-corrected chi connectivity index (χ2v) is 7.63. The summed E-state index contributed by atoms with van der Waals surface area (Å²) >= 11 is 0. The highest BCUT2D eigenvalue weighted by molar-refractivity contribution is 5.99. The van der Waals surface area contributed by atoms with Crippen LogP contribution >= 0.6 is 0 Å². The van der Waals surface area contributed by atoms with E-state index < -0.39 is 0 Å². The molecule has 0 radical (unpaired) electrons. The number of halogens is 1. The highest BCUT2D eigenvalue weighted by atomic mass is 127. The Morgan fingerprint density at radius 2 is 2.04 bits per heavy atom. The number of Topliss-reactive ketones (excluding diaryl/α,β-unsaturated/α-hetero) is 1. The van der Waals surface area contributed by atoms with E-state index in [0.717, 1.165) is 24.1 Å². The van der Waals surface area contributed by atoms with E-state index in [1.54, 1.807) is 31.4 Å². The van der Waals surface area contributed by atoms with Gasteiger partial charge in [-0.3, -0.25) is 4.79 Å². The van der Waals surface area contributed by atoms with Crippen molar-refractivity contribution in [3.63, 3.8) is 0 Å². The van der Waals surface area contributed by atoms with Gasteiger partial charge in [-0.1, -0.05) is 12.1 Å². The first-order valence-electron chi connectivity index (χ1n) is 9.05. The number of benzene rings is 2. The third-order valence-electron chi connectivity index (χ3n) is 5.67. The van der Waals surface area contributed by atoms with Gasteiger partial charge in [0, 0.05) is 6.42 Å². The van der Waals surface area contributed by atoms with Crippen molar-refractivity contribution in [2.24, 2.45) is 0 Å². The Labute approximate surface area is 181 Å². The minimum Gasteiger partial charge on any atom is -1.00 e. The number of likely N-dealkylation sites (N-methyl/N-ethyl adjacent to an activating group) is 1. The molecule has 0 fully saturated rings. The van der Waals surface area contributed by atoms with E-state index >= 15 is 0 Å². The second-order valence-electron chi connectivity index (χ2n) is 7.63. The average Bonchev–Trinajstić information content (AvgIpc) is 3.11. The lowest BCUT2D eigenvalue weighted by molar-refractivity contribution is -0.922. The van der Waals surface area contributed by atoms with E-state index in [2.05, 4.69) is 14.1 Å². The molecule has 2 aromatic rings. The third kappa shape index (κ3) is 3.41. The predicted molar refractivity (Wildman–Crippen MR) is 99.6 cm³/mol. The largest absolute Gasteiger partial charge is 1.00 e. The molecule has 7 heteroatoms. The third-order valence-corrected chi connectivity index (χ3v) is 5.67. The Hall–Kier alpha value is -2.00. The van der Waals surface area contributed by atoms with E-state index in [9.17, 15) is 9.90 Å². The summed E-state index contributed by atoms with van der Waals surface area (Å²) in [4.78, 5) is 13.0. The summed E-state index contributed by atoms with van der Waals surface area (Å²) in [5, 5.41) is 10.1. The molecular formula is C21H24INO5. The molecule has 0 saturated heterocycles. The molecule has 2 aromatic carbocycles.